The number of aromatic nitrogens is 2. The molecule has 1 N–H and O–H groups in total. The fourth-order valence-electron chi connectivity index (χ4n) is 1.87. The van der Waals surface area contributed by atoms with Crippen molar-refractivity contribution >= 4 is 39.2 Å². The van der Waals surface area contributed by atoms with Crippen molar-refractivity contribution in [3.63, 3.8) is 0 Å². The SMILES string of the molecule is COCCCNC(=O)C(C)Sc1nc2sccc2c(=O)n1C. The van der Waals surface area contributed by atoms with Crippen molar-refractivity contribution < 1.29 is 9.53 Å². The molecule has 0 saturated heterocycles. The van der Waals surface area contributed by atoms with E-state index in [1.807, 2.05) is 5.38 Å². The van der Waals surface area contributed by atoms with Gasteiger partial charge in [-0.25, -0.2) is 4.98 Å². The molecular weight excluding hydrogens is 322 g/mol. The number of thioether (sulfide) groups is 1. The molecule has 2 rings (SSSR count). The number of carbonyl (C=O) groups excluding carboxylic acids is 1. The highest BCUT2D eigenvalue weighted by Crippen LogP contribution is 2.23. The zero-order chi connectivity index (χ0) is 16.1. The number of thiophene rings is 1. The Morgan fingerprint density at radius 3 is 3.09 bits per heavy atom. The van der Waals surface area contributed by atoms with Crippen LogP contribution in [0.4, 0.5) is 0 Å². The van der Waals surface area contributed by atoms with Crippen molar-refractivity contribution in [1.82, 2.24) is 14.9 Å². The van der Waals surface area contributed by atoms with E-state index in [-0.39, 0.29) is 16.7 Å². The third-order valence-corrected chi connectivity index (χ3v) is 5.09. The minimum atomic E-state index is -0.321. The van der Waals surface area contributed by atoms with Crippen LogP contribution in [0.3, 0.4) is 0 Å². The van der Waals surface area contributed by atoms with Gasteiger partial charge in [-0.05, 0) is 24.8 Å². The second kappa shape index (κ2) is 7.75. The standard InChI is InChI=1S/C14H19N3O3S2/c1-9(11(18)15-6-4-7-20-3)22-14-16-12-10(5-8-21-12)13(19)17(14)2/h5,8-9H,4,6-7H2,1-3H3,(H,15,18). The van der Waals surface area contributed by atoms with Crippen LogP contribution in [0.25, 0.3) is 10.2 Å². The first-order valence-electron chi connectivity index (χ1n) is 6.92. The molecule has 8 heteroatoms. The second-order valence-corrected chi connectivity index (χ2v) is 7.00. The molecule has 0 spiro atoms. The summed E-state index contributed by atoms with van der Waals surface area (Å²) in [5, 5.41) is 5.55. The van der Waals surface area contributed by atoms with Gasteiger partial charge in [0.05, 0.1) is 10.6 Å². The van der Waals surface area contributed by atoms with Gasteiger partial charge in [0.15, 0.2) is 5.16 Å². The van der Waals surface area contributed by atoms with Crippen molar-refractivity contribution in [2.75, 3.05) is 20.3 Å². The lowest BCUT2D eigenvalue weighted by Gasteiger charge is -2.13. The van der Waals surface area contributed by atoms with Gasteiger partial charge in [-0.1, -0.05) is 11.8 Å². The maximum absolute atomic E-state index is 12.2. The van der Waals surface area contributed by atoms with Gasteiger partial charge < -0.3 is 10.1 Å². The Bertz CT molecular complexity index is 711. The van der Waals surface area contributed by atoms with E-state index >= 15 is 0 Å². The van der Waals surface area contributed by atoms with Crippen LogP contribution in [0.5, 0.6) is 0 Å². The van der Waals surface area contributed by atoms with Gasteiger partial charge in [-0.3, -0.25) is 14.2 Å². The summed E-state index contributed by atoms with van der Waals surface area (Å²) in [6, 6.07) is 1.77. The molecule has 6 nitrogen and oxygen atoms in total. The summed E-state index contributed by atoms with van der Waals surface area (Å²) in [6.45, 7) is 3.00. The molecule has 0 radical (unpaired) electrons. The Labute approximate surface area is 136 Å². The molecule has 1 amide bonds. The second-order valence-electron chi connectivity index (χ2n) is 4.80. The van der Waals surface area contributed by atoms with Gasteiger partial charge >= 0.3 is 0 Å². The van der Waals surface area contributed by atoms with Crippen molar-refractivity contribution in [1.29, 1.82) is 0 Å². The maximum atomic E-state index is 12.2. The molecular formula is C14H19N3O3S2. The van der Waals surface area contributed by atoms with Gasteiger partial charge in [0.25, 0.3) is 5.56 Å². The Balaban J connectivity index is 2.05. The van der Waals surface area contributed by atoms with Crippen molar-refractivity contribution in [2.24, 2.45) is 7.05 Å². The molecule has 2 aromatic heterocycles. The van der Waals surface area contributed by atoms with Gasteiger partial charge in [-0.2, -0.15) is 0 Å². The molecule has 22 heavy (non-hydrogen) atoms. The van der Waals surface area contributed by atoms with Crippen LogP contribution in [0.15, 0.2) is 21.4 Å². The predicted octanol–water partition coefficient (Wildman–Crippen LogP) is 1.63. The Kier molecular flexibility index (Phi) is 5.98. The molecule has 0 bridgehead atoms. The highest BCUT2D eigenvalue weighted by atomic mass is 32.2. The van der Waals surface area contributed by atoms with Crippen molar-refractivity contribution in [2.45, 2.75) is 23.8 Å². The fraction of sp³-hybridized carbons (Fsp3) is 0.500. The average Bonchev–Trinajstić information content (AvgIpc) is 2.97. The minimum absolute atomic E-state index is 0.0679. The number of hydrogen-bond acceptors (Lipinski definition) is 6. The van der Waals surface area contributed by atoms with Crippen molar-refractivity contribution in [3.8, 4) is 0 Å². The van der Waals surface area contributed by atoms with Crippen LogP contribution in [-0.4, -0.2) is 41.0 Å². The van der Waals surface area contributed by atoms with E-state index in [1.165, 1.54) is 27.7 Å². The Hall–Kier alpha value is -1.38. The number of nitrogens with zero attached hydrogens (tertiary/aromatic N) is 2. The lowest BCUT2D eigenvalue weighted by atomic mass is 10.4. The van der Waals surface area contributed by atoms with E-state index in [0.29, 0.717) is 28.5 Å². The van der Waals surface area contributed by atoms with Crippen LogP contribution in [0.2, 0.25) is 0 Å². The molecule has 1 unspecified atom stereocenters. The number of rotatable bonds is 7. The summed E-state index contributed by atoms with van der Waals surface area (Å²) in [7, 11) is 3.31. The van der Waals surface area contributed by atoms with E-state index in [9.17, 15) is 9.59 Å². The van der Waals surface area contributed by atoms with E-state index in [4.69, 9.17) is 4.74 Å². The predicted molar refractivity (Wildman–Crippen MR) is 89.7 cm³/mol. The monoisotopic (exact) mass is 341 g/mol. The van der Waals surface area contributed by atoms with E-state index in [2.05, 4.69) is 10.3 Å². The molecule has 0 fully saturated rings. The number of fused-ring (bicyclic) bond motifs is 1. The maximum Gasteiger partial charge on any atom is 0.262 e. The summed E-state index contributed by atoms with van der Waals surface area (Å²) in [5.41, 5.74) is -0.0820. The molecule has 2 aromatic rings. The normalized spacial score (nSPS) is 12.5. The first-order chi connectivity index (χ1) is 10.5. The number of hydrogen-bond donors (Lipinski definition) is 1. The molecule has 0 aliphatic rings. The molecule has 1 atom stereocenters. The highest BCUT2D eigenvalue weighted by Gasteiger charge is 2.18. The molecule has 2 heterocycles. The lowest BCUT2D eigenvalue weighted by Crippen LogP contribution is -2.32. The Morgan fingerprint density at radius 1 is 1.59 bits per heavy atom. The molecule has 0 saturated carbocycles. The summed E-state index contributed by atoms with van der Waals surface area (Å²) in [4.78, 5) is 29.4. The van der Waals surface area contributed by atoms with Crippen molar-refractivity contribution in [3.05, 3.63) is 21.8 Å². The van der Waals surface area contributed by atoms with Crippen LogP contribution < -0.4 is 10.9 Å². The van der Waals surface area contributed by atoms with Gasteiger partial charge in [0, 0.05) is 27.3 Å². The first kappa shape index (κ1) is 17.0. The topological polar surface area (TPSA) is 73.2 Å². The largest absolute Gasteiger partial charge is 0.385 e. The molecule has 0 aliphatic carbocycles. The summed E-state index contributed by atoms with van der Waals surface area (Å²) in [6.07, 6.45) is 0.775. The zero-order valence-corrected chi connectivity index (χ0v) is 14.4. The van der Waals surface area contributed by atoms with Crippen LogP contribution >= 0.6 is 23.1 Å². The Morgan fingerprint density at radius 2 is 2.36 bits per heavy atom. The number of amides is 1. The third-order valence-electron chi connectivity index (χ3n) is 3.14. The summed E-state index contributed by atoms with van der Waals surface area (Å²) < 4.78 is 6.43. The quantitative estimate of drug-likeness (QED) is 0.471. The van der Waals surface area contributed by atoms with Gasteiger partial charge in [-0.15, -0.1) is 11.3 Å². The molecule has 120 valence electrons. The molecule has 0 aromatic carbocycles. The minimum Gasteiger partial charge on any atom is -0.385 e. The number of ether oxygens (including phenoxy) is 1. The van der Waals surface area contributed by atoms with Gasteiger partial charge in [0.1, 0.15) is 4.83 Å². The number of nitrogens with one attached hydrogen (secondary N) is 1. The third kappa shape index (κ3) is 3.88. The van der Waals surface area contributed by atoms with Crippen LogP contribution in [0, 0.1) is 0 Å². The molecule has 0 aliphatic heterocycles. The highest BCUT2D eigenvalue weighted by molar-refractivity contribution is 8.00. The number of carbonyl (C=O) groups is 1. The fourth-order valence-corrected chi connectivity index (χ4v) is 3.57. The lowest BCUT2D eigenvalue weighted by molar-refractivity contribution is -0.120. The smallest absolute Gasteiger partial charge is 0.262 e. The summed E-state index contributed by atoms with van der Waals surface area (Å²) >= 11 is 2.72. The van der Waals surface area contributed by atoms with Crippen LogP contribution in [-0.2, 0) is 16.6 Å². The van der Waals surface area contributed by atoms with E-state index in [1.54, 1.807) is 27.1 Å². The van der Waals surface area contributed by atoms with Crippen LogP contribution in [0.1, 0.15) is 13.3 Å². The van der Waals surface area contributed by atoms with Gasteiger partial charge in [0.2, 0.25) is 5.91 Å². The summed E-state index contributed by atoms with van der Waals surface area (Å²) in [5.74, 6) is -0.0679. The van der Waals surface area contributed by atoms with E-state index < -0.39 is 0 Å². The zero-order valence-electron chi connectivity index (χ0n) is 12.8. The average molecular weight is 341 g/mol. The van der Waals surface area contributed by atoms with E-state index in [0.717, 1.165) is 6.42 Å². The first-order valence-corrected chi connectivity index (χ1v) is 8.68. The number of methoxy groups -OCH3 is 1.